The van der Waals surface area contributed by atoms with Gasteiger partial charge >= 0.3 is 0 Å². The van der Waals surface area contributed by atoms with E-state index in [1.165, 1.54) is 0 Å². The number of benzene rings is 1. The number of ether oxygens (including phenoxy) is 1. The van der Waals surface area contributed by atoms with Gasteiger partial charge in [0.15, 0.2) is 0 Å². The van der Waals surface area contributed by atoms with Crippen LogP contribution in [0.25, 0.3) is 0 Å². The molecule has 2 saturated heterocycles. The molecule has 2 fully saturated rings. The third-order valence-electron chi connectivity index (χ3n) is 4.66. The predicted molar refractivity (Wildman–Crippen MR) is 87.3 cm³/mol. The molecule has 1 aromatic carbocycles. The molecule has 120 valence electrons. The number of piperidine rings is 1. The van der Waals surface area contributed by atoms with Crippen LogP contribution in [0.2, 0.25) is 0 Å². The average molecular weight is 302 g/mol. The summed E-state index contributed by atoms with van der Waals surface area (Å²) in [5, 5.41) is 0. The number of carbonyl (C=O) groups is 1. The molecule has 2 bridgehead atoms. The van der Waals surface area contributed by atoms with Crippen molar-refractivity contribution in [3.8, 4) is 5.75 Å². The van der Waals surface area contributed by atoms with Crippen LogP contribution in [0.3, 0.4) is 0 Å². The van der Waals surface area contributed by atoms with E-state index in [1.54, 1.807) is 0 Å². The minimum atomic E-state index is 0.151. The normalized spacial score (nSPS) is 24.5. The van der Waals surface area contributed by atoms with Gasteiger partial charge in [-0.1, -0.05) is 0 Å². The molecule has 2 aliphatic rings. The highest BCUT2D eigenvalue weighted by atomic mass is 16.5. The molecule has 0 N–H and O–H groups in total. The number of hydrogen-bond donors (Lipinski definition) is 0. The Balaban J connectivity index is 1.66. The maximum absolute atomic E-state index is 12.7. The maximum atomic E-state index is 12.7. The van der Waals surface area contributed by atoms with E-state index in [2.05, 4.69) is 23.6 Å². The van der Waals surface area contributed by atoms with Crippen molar-refractivity contribution in [2.75, 3.05) is 13.1 Å². The average Bonchev–Trinajstić information content (AvgIpc) is 2.47. The standard InChI is InChI=1S/C18H26N2O2/c1-12(2)19-10-15-9-16(11-19)20(15)18(21)14-5-7-17(8-6-14)22-13(3)4/h5-8,12-13,15-16H,9-11H2,1-4H3. The first-order valence-electron chi connectivity index (χ1n) is 8.29. The number of likely N-dealkylation sites (tertiary alicyclic amines) is 2. The smallest absolute Gasteiger partial charge is 0.254 e. The molecule has 0 aliphatic carbocycles. The Hall–Kier alpha value is -1.55. The van der Waals surface area contributed by atoms with Gasteiger partial charge in [0.05, 0.1) is 6.10 Å². The van der Waals surface area contributed by atoms with Crippen LogP contribution < -0.4 is 4.74 Å². The minimum absolute atomic E-state index is 0.151. The molecule has 4 nitrogen and oxygen atoms in total. The summed E-state index contributed by atoms with van der Waals surface area (Å²) in [4.78, 5) is 17.3. The summed E-state index contributed by atoms with van der Waals surface area (Å²) in [7, 11) is 0. The Morgan fingerprint density at radius 3 is 2.18 bits per heavy atom. The number of rotatable bonds is 4. The molecule has 22 heavy (non-hydrogen) atoms. The van der Waals surface area contributed by atoms with Gasteiger partial charge in [0, 0.05) is 36.8 Å². The van der Waals surface area contributed by atoms with Crippen LogP contribution in [-0.2, 0) is 0 Å². The number of amides is 1. The third-order valence-corrected chi connectivity index (χ3v) is 4.66. The van der Waals surface area contributed by atoms with Crippen LogP contribution in [0.4, 0.5) is 0 Å². The fourth-order valence-corrected chi connectivity index (χ4v) is 3.49. The Kier molecular flexibility index (Phi) is 4.13. The van der Waals surface area contributed by atoms with E-state index in [-0.39, 0.29) is 12.0 Å². The van der Waals surface area contributed by atoms with Crippen LogP contribution in [0.1, 0.15) is 44.5 Å². The van der Waals surface area contributed by atoms with Gasteiger partial charge in [-0.3, -0.25) is 9.69 Å². The minimum Gasteiger partial charge on any atom is -0.491 e. The molecular weight excluding hydrogens is 276 g/mol. The topological polar surface area (TPSA) is 32.8 Å². The highest BCUT2D eigenvalue weighted by Gasteiger charge is 2.47. The van der Waals surface area contributed by atoms with E-state index in [0.717, 1.165) is 30.8 Å². The number of nitrogens with zero attached hydrogens (tertiary/aromatic N) is 2. The zero-order valence-corrected chi connectivity index (χ0v) is 14.0. The van der Waals surface area contributed by atoms with Gasteiger partial charge < -0.3 is 9.64 Å². The van der Waals surface area contributed by atoms with Crippen molar-refractivity contribution >= 4 is 5.91 Å². The van der Waals surface area contributed by atoms with Crippen molar-refractivity contribution < 1.29 is 9.53 Å². The summed E-state index contributed by atoms with van der Waals surface area (Å²) in [6.07, 6.45) is 1.31. The second-order valence-electron chi connectivity index (χ2n) is 6.99. The van der Waals surface area contributed by atoms with Crippen LogP contribution in [0.15, 0.2) is 24.3 Å². The first-order chi connectivity index (χ1) is 10.5. The second kappa shape index (κ2) is 5.92. The predicted octanol–water partition coefficient (Wildman–Crippen LogP) is 2.78. The van der Waals surface area contributed by atoms with Gasteiger partial charge in [-0.25, -0.2) is 0 Å². The van der Waals surface area contributed by atoms with Gasteiger partial charge in [-0.2, -0.15) is 0 Å². The molecule has 2 heterocycles. The molecule has 0 spiro atoms. The molecule has 2 unspecified atom stereocenters. The lowest BCUT2D eigenvalue weighted by molar-refractivity contribution is -0.0563. The monoisotopic (exact) mass is 302 g/mol. The van der Waals surface area contributed by atoms with Crippen LogP contribution in [0, 0.1) is 0 Å². The first kappa shape index (κ1) is 15.3. The van der Waals surface area contributed by atoms with Crippen molar-refractivity contribution in [2.45, 2.75) is 58.3 Å². The number of fused-ring (bicyclic) bond motifs is 2. The Morgan fingerprint density at radius 1 is 1.09 bits per heavy atom. The lowest BCUT2D eigenvalue weighted by Crippen LogP contribution is -2.70. The van der Waals surface area contributed by atoms with Gasteiger partial charge in [0.1, 0.15) is 5.75 Å². The fraction of sp³-hybridized carbons (Fsp3) is 0.611. The fourth-order valence-electron chi connectivity index (χ4n) is 3.49. The van der Waals surface area contributed by atoms with E-state index in [0.29, 0.717) is 18.1 Å². The molecule has 0 aromatic heterocycles. The van der Waals surface area contributed by atoms with E-state index in [4.69, 9.17) is 4.74 Å². The highest BCUT2D eigenvalue weighted by Crippen LogP contribution is 2.34. The molecule has 3 rings (SSSR count). The van der Waals surface area contributed by atoms with E-state index in [1.807, 2.05) is 38.1 Å². The van der Waals surface area contributed by atoms with Crippen molar-refractivity contribution in [1.29, 1.82) is 0 Å². The van der Waals surface area contributed by atoms with Crippen molar-refractivity contribution in [3.05, 3.63) is 29.8 Å². The van der Waals surface area contributed by atoms with Gasteiger partial charge in [-0.05, 0) is 58.4 Å². The second-order valence-corrected chi connectivity index (χ2v) is 6.99. The molecule has 2 aliphatic heterocycles. The van der Waals surface area contributed by atoms with Crippen molar-refractivity contribution in [2.24, 2.45) is 0 Å². The molecule has 1 amide bonds. The van der Waals surface area contributed by atoms with Gasteiger partial charge in [0.25, 0.3) is 5.91 Å². The lowest BCUT2D eigenvalue weighted by Gasteiger charge is -2.57. The van der Waals surface area contributed by atoms with Crippen molar-refractivity contribution in [3.63, 3.8) is 0 Å². The number of hydrogen-bond acceptors (Lipinski definition) is 3. The Bertz CT molecular complexity index is 527. The van der Waals surface area contributed by atoms with E-state index in [9.17, 15) is 4.79 Å². The summed E-state index contributed by atoms with van der Waals surface area (Å²) >= 11 is 0. The SMILES string of the molecule is CC(C)Oc1ccc(C(=O)N2C3CC2CN(C(C)C)C3)cc1. The lowest BCUT2D eigenvalue weighted by atomic mass is 9.86. The zero-order chi connectivity index (χ0) is 15.9. The summed E-state index contributed by atoms with van der Waals surface area (Å²) in [6.45, 7) is 10.5. The number of piperazine rings is 1. The summed E-state index contributed by atoms with van der Waals surface area (Å²) in [6, 6.07) is 8.89. The van der Waals surface area contributed by atoms with Crippen LogP contribution >= 0.6 is 0 Å². The van der Waals surface area contributed by atoms with Gasteiger partial charge in [-0.15, -0.1) is 0 Å². The molecule has 2 atom stereocenters. The van der Waals surface area contributed by atoms with Crippen LogP contribution in [-0.4, -0.2) is 53.0 Å². The molecule has 0 radical (unpaired) electrons. The Labute approximate surface area is 133 Å². The number of carbonyl (C=O) groups excluding carboxylic acids is 1. The quantitative estimate of drug-likeness (QED) is 0.857. The van der Waals surface area contributed by atoms with E-state index >= 15 is 0 Å². The molecular formula is C18H26N2O2. The van der Waals surface area contributed by atoms with E-state index < -0.39 is 0 Å². The van der Waals surface area contributed by atoms with Crippen molar-refractivity contribution in [1.82, 2.24) is 9.80 Å². The summed E-state index contributed by atoms with van der Waals surface area (Å²) < 4.78 is 5.63. The molecule has 1 aromatic rings. The zero-order valence-electron chi connectivity index (χ0n) is 14.0. The summed E-state index contributed by atoms with van der Waals surface area (Å²) in [5.41, 5.74) is 0.767. The molecule has 0 saturated carbocycles. The largest absolute Gasteiger partial charge is 0.491 e. The maximum Gasteiger partial charge on any atom is 0.254 e. The Morgan fingerprint density at radius 2 is 1.68 bits per heavy atom. The third kappa shape index (κ3) is 2.84. The van der Waals surface area contributed by atoms with Gasteiger partial charge in [0.2, 0.25) is 0 Å². The summed E-state index contributed by atoms with van der Waals surface area (Å²) in [5.74, 6) is 0.988. The highest BCUT2D eigenvalue weighted by molar-refractivity contribution is 5.95. The van der Waals surface area contributed by atoms with Crippen LogP contribution in [0.5, 0.6) is 5.75 Å². The molecule has 4 heteroatoms. The first-order valence-corrected chi connectivity index (χ1v) is 8.29.